The second kappa shape index (κ2) is 2.98. The summed E-state index contributed by atoms with van der Waals surface area (Å²) in [6, 6.07) is 0.337. The first-order chi connectivity index (χ1) is 5.72. The highest BCUT2D eigenvalue weighted by atomic mass is 16.7. The van der Waals surface area contributed by atoms with Gasteiger partial charge >= 0.3 is 0 Å². The minimum atomic E-state index is -0.255. The molecule has 0 aromatic heterocycles. The fraction of sp³-hybridized carbons (Fsp3) is 1.00. The SMILES string of the molecule is CC1CC2(CC[C@H]1N)OCCO2. The van der Waals surface area contributed by atoms with E-state index in [9.17, 15) is 0 Å². The summed E-state index contributed by atoms with van der Waals surface area (Å²) in [6.07, 6.45) is 2.97. The van der Waals surface area contributed by atoms with Crippen molar-refractivity contribution in [1.82, 2.24) is 0 Å². The van der Waals surface area contributed by atoms with Crippen molar-refractivity contribution in [2.45, 2.75) is 38.0 Å². The summed E-state index contributed by atoms with van der Waals surface area (Å²) < 4.78 is 11.2. The van der Waals surface area contributed by atoms with E-state index >= 15 is 0 Å². The third kappa shape index (κ3) is 1.37. The van der Waals surface area contributed by atoms with Crippen LogP contribution in [-0.4, -0.2) is 25.0 Å². The molecule has 1 heterocycles. The standard InChI is InChI=1S/C9H17NO2/c1-7-6-9(3-2-8(7)10)11-4-5-12-9/h7-8H,2-6,10H2,1H3/t7?,8-/m1/s1. The zero-order valence-electron chi connectivity index (χ0n) is 7.58. The maximum absolute atomic E-state index is 5.92. The summed E-state index contributed by atoms with van der Waals surface area (Å²) in [4.78, 5) is 0. The Morgan fingerprint density at radius 1 is 1.33 bits per heavy atom. The lowest BCUT2D eigenvalue weighted by molar-refractivity contribution is -0.187. The van der Waals surface area contributed by atoms with E-state index in [0.29, 0.717) is 12.0 Å². The molecule has 0 aromatic carbocycles. The quantitative estimate of drug-likeness (QED) is 0.588. The van der Waals surface area contributed by atoms with E-state index in [1.807, 2.05) is 0 Å². The van der Waals surface area contributed by atoms with Crippen LogP contribution in [0.1, 0.15) is 26.2 Å². The normalized spacial score (nSPS) is 40.5. The lowest BCUT2D eigenvalue weighted by Crippen LogP contribution is -2.44. The summed E-state index contributed by atoms with van der Waals surface area (Å²) in [5.74, 6) is 0.270. The summed E-state index contributed by atoms with van der Waals surface area (Å²) in [5.41, 5.74) is 5.92. The van der Waals surface area contributed by atoms with Crippen molar-refractivity contribution in [1.29, 1.82) is 0 Å². The number of hydrogen-bond donors (Lipinski definition) is 1. The van der Waals surface area contributed by atoms with Gasteiger partial charge in [0.1, 0.15) is 0 Å². The largest absolute Gasteiger partial charge is 0.348 e. The molecule has 3 nitrogen and oxygen atoms in total. The maximum Gasteiger partial charge on any atom is 0.168 e. The van der Waals surface area contributed by atoms with Crippen LogP contribution in [0.4, 0.5) is 0 Å². The number of rotatable bonds is 0. The maximum atomic E-state index is 5.92. The number of hydrogen-bond acceptors (Lipinski definition) is 3. The molecule has 12 heavy (non-hydrogen) atoms. The van der Waals surface area contributed by atoms with Gasteiger partial charge in [-0.15, -0.1) is 0 Å². The van der Waals surface area contributed by atoms with Crippen LogP contribution in [0, 0.1) is 5.92 Å². The molecule has 2 N–H and O–H groups in total. The summed E-state index contributed by atoms with van der Waals surface area (Å²) in [6.45, 7) is 3.68. The highest BCUT2D eigenvalue weighted by Crippen LogP contribution is 2.37. The Kier molecular flexibility index (Phi) is 2.10. The molecule has 0 amide bonds. The van der Waals surface area contributed by atoms with Gasteiger partial charge in [0, 0.05) is 18.9 Å². The van der Waals surface area contributed by atoms with Crippen LogP contribution >= 0.6 is 0 Å². The van der Waals surface area contributed by atoms with Gasteiger partial charge in [0.2, 0.25) is 0 Å². The van der Waals surface area contributed by atoms with Crippen molar-refractivity contribution in [2.24, 2.45) is 11.7 Å². The van der Waals surface area contributed by atoms with Crippen molar-refractivity contribution >= 4 is 0 Å². The molecule has 2 fully saturated rings. The predicted octanol–water partition coefficient (Wildman–Crippen LogP) is 0.877. The van der Waals surface area contributed by atoms with Gasteiger partial charge in [-0.3, -0.25) is 0 Å². The third-order valence-corrected chi connectivity index (χ3v) is 3.04. The van der Waals surface area contributed by atoms with Crippen molar-refractivity contribution in [3.8, 4) is 0 Å². The Balaban J connectivity index is 2.01. The molecule has 1 aliphatic heterocycles. The number of ether oxygens (including phenoxy) is 2. The molecule has 0 radical (unpaired) electrons. The molecule has 1 saturated carbocycles. The van der Waals surface area contributed by atoms with E-state index in [-0.39, 0.29) is 5.79 Å². The lowest BCUT2D eigenvalue weighted by atomic mass is 9.82. The highest BCUT2D eigenvalue weighted by molar-refractivity contribution is 4.87. The Morgan fingerprint density at radius 3 is 2.58 bits per heavy atom. The van der Waals surface area contributed by atoms with E-state index in [0.717, 1.165) is 32.5 Å². The van der Waals surface area contributed by atoms with Gasteiger partial charge in [-0.25, -0.2) is 0 Å². The zero-order valence-corrected chi connectivity index (χ0v) is 7.58. The van der Waals surface area contributed by atoms with Gasteiger partial charge in [-0.1, -0.05) is 6.92 Å². The van der Waals surface area contributed by atoms with Crippen molar-refractivity contribution in [2.75, 3.05) is 13.2 Å². The van der Waals surface area contributed by atoms with E-state index in [4.69, 9.17) is 15.2 Å². The minimum absolute atomic E-state index is 0.255. The first-order valence-electron chi connectivity index (χ1n) is 4.75. The van der Waals surface area contributed by atoms with Gasteiger partial charge < -0.3 is 15.2 Å². The second-order valence-corrected chi connectivity index (χ2v) is 3.99. The highest BCUT2D eigenvalue weighted by Gasteiger charge is 2.42. The van der Waals surface area contributed by atoms with E-state index < -0.39 is 0 Å². The molecule has 1 saturated heterocycles. The predicted molar refractivity (Wildman–Crippen MR) is 45.6 cm³/mol. The van der Waals surface area contributed by atoms with Crippen molar-refractivity contribution in [3.05, 3.63) is 0 Å². The molecule has 1 unspecified atom stereocenters. The molecular weight excluding hydrogens is 154 g/mol. The van der Waals surface area contributed by atoms with Gasteiger partial charge in [0.25, 0.3) is 0 Å². The lowest BCUT2D eigenvalue weighted by Gasteiger charge is -2.38. The first-order valence-corrected chi connectivity index (χ1v) is 4.75. The monoisotopic (exact) mass is 171 g/mol. The zero-order chi connectivity index (χ0) is 8.60. The molecule has 70 valence electrons. The Morgan fingerprint density at radius 2 is 2.00 bits per heavy atom. The van der Waals surface area contributed by atoms with Gasteiger partial charge in [-0.2, -0.15) is 0 Å². The average molecular weight is 171 g/mol. The minimum Gasteiger partial charge on any atom is -0.348 e. The van der Waals surface area contributed by atoms with Crippen molar-refractivity contribution in [3.63, 3.8) is 0 Å². The van der Waals surface area contributed by atoms with Crippen LogP contribution in [0.3, 0.4) is 0 Å². The number of nitrogens with two attached hydrogens (primary N) is 1. The second-order valence-electron chi connectivity index (χ2n) is 3.99. The third-order valence-electron chi connectivity index (χ3n) is 3.04. The fourth-order valence-electron chi connectivity index (χ4n) is 2.17. The smallest absolute Gasteiger partial charge is 0.168 e. The summed E-state index contributed by atoms with van der Waals surface area (Å²) >= 11 is 0. The van der Waals surface area contributed by atoms with Crippen LogP contribution in [0.5, 0.6) is 0 Å². The molecule has 1 aliphatic carbocycles. The van der Waals surface area contributed by atoms with Gasteiger partial charge in [-0.05, 0) is 12.3 Å². The summed E-state index contributed by atoms with van der Waals surface area (Å²) in [7, 11) is 0. The molecule has 2 aliphatic rings. The van der Waals surface area contributed by atoms with Crippen LogP contribution < -0.4 is 5.73 Å². The topological polar surface area (TPSA) is 44.5 Å². The van der Waals surface area contributed by atoms with Crippen LogP contribution in [-0.2, 0) is 9.47 Å². The summed E-state index contributed by atoms with van der Waals surface area (Å²) in [5, 5.41) is 0. The first kappa shape index (κ1) is 8.48. The molecule has 0 aromatic rings. The average Bonchev–Trinajstić information content (AvgIpc) is 2.47. The van der Waals surface area contributed by atoms with Crippen LogP contribution in [0.2, 0.25) is 0 Å². The van der Waals surface area contributed by atoms with Crippen LogP contribution in [0.15, 0.2) is 0 Å². The molecular formula is C9H17NO2. The Hall–Kier alpha value is -0.120. The van der Waals surface area contributed by atoms with E-state index in [1.165, 1.54) is 0 Å². The molecule has 2 atom stereocenters. The Labute approximate surface area is 73.2 Å². The Bertz CT molecular complexity index is 166. The van der Waals surface area contributed by atoms with Gasteiger partial charge in [0.15, 0.2) is 5.79 Å². The van der Waals surface area contributed by atoms with E-state index in [2.05, 4.69) is 6.92 Å². The van der Waals surface area contributed by atoms with E-state index in [1.54, 1.807) is 0 Å². The fourth-order valence-corrected chi connectivity index (χ4v) is 2.17. The van der Waals surface area contributed by atoms with Crippen LogP contribution in [0.25, 0.3) is 0 Å². The molecule has 2 rings (SSSR count). The van der Waals surface area contributed by atoms with Crippen molar-refractivity contribution < 1.29 is 9.47 Å². The molecule has 0 bridgehead atoms. The molecule has 3 heteroatoms. The van der Waals surface area contributed by atoms with Gasteiger partial charge in [0.05, 0.1) is 13.2 Å². The molecule has 1 spiro atoms.